The first-order valence-corrected chi connectivity index (χ1v) is 10.2. The number of carbonyl (C=O) groups is 2. The van der Waals surface area contributed by atoms with Crippen molar-refractivity contribution in [3.8, 4) is 11.5 Å². The van der Waals surface area contributed by atoms with Crippen molar-refractivity contribution >= 4 is 34.8 Å². The molecule has 2 aromatic rings. The molecule has 0 bridgehead atoms. The first kappa shape index (κ1) is 20.7. The fourth-order valence-corrected chi connectivity index (χ4v) is 4.41. The number of halogens is 2. The fourth-order valence-electron chi connectivity index (χ4n) is 3.92. The van der Waals surface area contributed by atoms with E-state index >= 15 is 0 Å². The van der Waals surface area contributed by atoms with Gasteiger partial charge in [-0.2, -0.15) is 0 Å². The molecule has 0 aromatic heterocycles. The maximum Gasteiger partial charge on any atom is 0.199 e. The van der Waals surface area contributed by atoms with E-state index in [0.717, 1.165) is 25.7 Å². The maximum atomic E-state index is 13.1. The van der Waals surface area contributed by atoms with E-state index in [2.05, 4.69) is 13.8 Å². The van der Waals surface area contributed by atoms with Crippen LogP contribution in [0, 0.1) is 5.92 Å². The molecule has 0 radical (unpaired) electrons. The van der Waals surface area contributed by atoms with Crippen molar-refractivity contribution in [1.82, 2.24) is 0 Å². The van der Waals surface area contributed by atoms with E-state index < -0.39 is 11.6 Å². The Labute approximate surface area is 174 Å². The summed E-state index contributed by atoms with van der Waals surface area (Å²) in [6.45, 7) is 4.25. The van der Waals surface area contributed by atoms with Crippen LogP contribution in [0.1, 0.15) is 76.9 Å². The minimum absolute atomic E-state index is 0.0315. The first-order chi connectivity index (χ1) is 13.3. The highest BCUT2D eigenvalue weighted by Crippen LogP contribution is 2.44. The maximum absolute atomic E-state index is 13.1. The van der Waals surface area contributed by atoms with Crippen molar-refractivity contribution in [3.05, 3.63) is 56.1 Å². The van der Waals surface area contributed by atoms with Crippen molar-refractivity contribution < 1.29 is 19.8 Å². The minimum atomic E-state index is -0.617. The normalized spacial score (nSPS) is 14.0. The summed E-state index contributed by atoms with van der Waals surface area (Å²) in [5.74, 6) is -1.32. The van der Waals surface area contributed by atoms with Gasteiger partial charge in [-0.3, -0.25) is 9.59 Å². The minimum Gasteiger partial charge on any atom is -0.507 e. The van der Waals surface area contributed by atoms with Gasteiger partial charge in [0.25, 0.3) is 0 Å². The van der Waals surface area contributed by atoms with E-state index in [1.807, 2.05) is 0 Å². The summed E-state index contributed by atoms with van der Waals surface area (Å²) < 4.78 is 0. The SMILES string of the molecule is CCCC(CC)CCc1cc(O)c2c(c1O)C(=O)c1c(Cl)ccc(Cl)c1C2=O. The third-order valence-corrected chi connectivity index (χ3v) is 6.10. The Hall–Kier alpha value is -2.04. The van der Waals surface area contributed by atoms with E-state index in [0.29, 0.717) is 17.9 Å². The number of fused-ring (bicyclic) bond motifs is 2. The second kappa shape index (κ2) is 8.14. The molecule has 1 aliphatic rings. The number of benzene rings is 2. The Bertz CT molecular complexity index is 966. The van der Waals surface area contributed by atoms with Gasteiger partial charge < -0.3 is 10.2 Å². The van der Waals surface area contributed by atoms with Gasteiger partial charge in [0.15, 0.2) is 11.6 Å². The van der Waals surface area contributed by atoms with Crippen LogP contribution in [0.25, 0.3) is 0 Å². The number of rotatable bonds is 6. The van der Waals surface area contributed by atoms with Gasteiger partial charge in [-0.15, -0.1) is 0 Å². The molecule has 0 spiro atoms. The molecule has 0 heterocycles. The van der Waals surface area contributed by atoms with Crippen molar-refractivity contribution in [3.63, 3.8) is 0 Å². The Balaban J connectivity index is 2.09. The first-order valence-electron chi connectivity index (χ1n) is 9.46. The van der Waals surface area contributed by atoms with E-state index in [-0.39, 0.29) is 43.8 Å². The summed E-state index contributed by atoms with van der Waals surface area (Å²) in [4.78, 5) is 26.0. The zero-order valence-electron chi connectivity index (χ0n) is 15.8. The summed E-state index contributed by atoms with van der Waals surface area (Å²) in [6, 6.07) is 4.25. The lowest BCUT2D eigenvalue weighted by Crippen LogP contribution is -2.23. The second-order valence-electron chi connectivity index (χ2n) is 7.19. The molecule has 0 saturated carbocycles. The highest BCUT2D eigenvalue weighted by atomic mass is 35.5. The van der Waals surface area contributed by atoms with E-state index in [9.17, 15) is 19.8 Å². The molecule has 1 unspecified atom stereocenters. The van der Waals surface area contributed by atoms with Crippen LogP contribution in [0.5, 0.6) is 11.5 Å². The predicted octanol–water partition coefficient (Wildman–Crippen LogP) is 5.94. The molecule has 0 saturated heterocycles. The van der Waals surface area contributed by atoms with Gasteiger partial charge >= 0.3 is 0 Å². The number of aromatic hydroxyl groups is 2. The molecule has 1 aliphatic carbocycles. The molecule has 1 atom stereocenters. The summed E-state index contributed by atoms with van der Waals surface area (Å²) >= 11 is 12.3. The Kier molecular flexibility index (Phi) is 6.01. The number of aryl methyl sites for hydroxylation is 1. The van der Waals surface area contributed by atoms with Crippen LogP contribution in [0.4, 0.5) is 0 Å². The number of phenols is 2. The van der Waals surface area contributed by atoms with Gasteiger partial charge in [-0.25, -0.2) is 0 Å². The van der Waals surface area contributed by atoms with Gasteiger partial charge in [-0.05, 0) is 42.5 Å². The smallest absolute Gasteiger partial charge is 0.199 e. The van der Waals surface area contributed by atoms with Gasteiger partial charge in [0.2, 0.25) is 0 Å². The Morgan fingerprint density at radius 2 is 1.46 bits per heavy atom. The van der Waals surface area contributed by atoms with Gasteiger partial charge in [0.1, 0.15) is 11.5 Å². The standard InChI is InChI=1S/C22H22Cl2O4/c1-3-5-11(4-2)6-7-12-10-15(25)18-19(20(12)26)22(28)17-14(24)9-8-13(23)16(17)21(18)27/h8-11,25-26H,3-7H2,1-2H3. The van der Waals surface area contributed by atoms with Crippen molar-refractivity contribution in [1.29, 1.82) is 0 Å². The molecular weight excluding hydrogens is 399 g/mol. The van der Waals surface area contributed by atoms with Crippen molar-refractivity contribution in [2.24, 2.45) is 5.92 Å². The number of hydrogen-bond acceptors (Lipinski definition) is 4. The summed E-state index contributed by atoms with van der Waals surface area (Å²) in [7, 11) is 0. The summed E-state index contributed by atoms with van der Waals surface area (Å²) in [6.07, 6.45) is 4.49. The van der Waals surface area contributed by atoms with Crippen LogP contribution in [0.3, 0.4) is 0 Å². The second-order valence-corrected chi connectivity index (χ2v) is 8.01. The van der Waals surface area contributed by atoms with Gasteiger partial charge in [-0.1, -0.05) is 56.3 Å². The average molecular weight is 421 g/mol. The van der Waals surface area contributed by atoms with Crippen LogP contribution in [-0.4, -0.2) is 21.8 Å². The third kappa shape index (κ3) is 3.40. The van der Waals surface area contributed by atoms with E-state index in [1.165, 1.54) is 18.2 Å². The number of hydrogen-bond donors (Lipinski definition) is 2. The number of phenolic OH excluding ortho intramolecular Hbond substituents is 2. The van der Waals surface area contributed by atoms with Crippen LogP contribution in [0.2, 0.25) is 10.0 Å². The molecule has 0 fully saturated rings. The zero-order valence-corrected chi connectivity index (χ0v) is 17.3. The molecule has 4 nitrogen and oxygen atoms in total. The molecule has 2 N–H and O–H groups in total. The highest BCUT2D eigenvalue weighted by Gasteiger charge is 2.38. The number of ketones is 2. The van der Waals surface area contributed by atoms with Crippen LogP contribution in [0.15, 0.2) is 18.2 Å². The van der Waals surface area contributed by atoms with Crippen molar-refractivity contribution in [2.45, 2.75) is 46.0 Å². The molecule has 28 heavy (non-hydrogen) atoms. The summed E-state index contributed by atoms with van der Waals surface area (Å²) in [5, 5.41) is 21.5. The topological polar surface area (TPSA) is 74.6 Å². The molecule has 148 valence electrons. The van der Waals surface area contributed by atoms with Crippen LogP contribution >= 0.6 is 23.2 Å². The van der Waals surface area contributed by atoms with Crippen molar-refractivity contribution in [2.75, 3.05) is 0 Å². The molecule has 2 aromatic carbocycles. The molecule has 6 heteroatoms. The monoisotopic (exact) mass is 420 g/mol. The lowest BCUT2D eigenvalue weighted by atomic mass is 9.81. The highest BCUT2D eigenvalue weighted by molar-refractivity contribution is 6.44. The zero-order chi connectivity index (χ0) is 20.6. The number of carbonyl (C=O) groups excluding carboxylic acids is 2. The quantitative estimate of drug-likeness (QED) is 0.483. The lowest BCUT2D eigenvalue weighted by molar-refractivity contribution is 0.0974. The lowest BCUT2D eigenvalue weighted by Gasteiger charge is -2.23. The van der Waals surface area contributed by atoms with E-state index in [4.69, 9.17) is 23.2 Å². The van der Waals surface area contributed by atoms with Gasteiger partial charge in [0.05, 0.1) is 32.3 Å². The van der Waals surface area contributed by atoms with Crippen LogP contribution in [-0.2, 0) is 6.42 Å². The largest absolute Gasteiger partial charge is 0.507 e. The molecule has 0 aliphatic heterocycles. The Morgan fingerprint density at radius 1 is 0.893 bits per heavy atom. The molecule has 3 rings (SSSR count). The average Bonchev–Trinajstić information content (AvgIpc) is 2.66. The van der Waals surface area contributed by atoms with Crippen LogP contribution < -0.4 is 0 Å². The van der Waals surface area contributed by atoms with Gasteiger partial charge in [0, 0.05) is 0 Å². The summed E-state index contributed by atoms with van der Waals surface area (Å²) in [5.41, 5.74) is -0.0312. The Morgan fingerprint density at radius 3 is 2.00 bits per heavy atom. The predicted molar refractivity (Wildman–Crippen MR) is 110 cm³/mol. The molecule has 0 amide bonds. The molecular formula is C22H22Cl2O4. The van der Waals surface area contributed by atoms with E-state index in [1.54, 1.807) is 0 Å². The fraction of sp³-hybridized carbons (Fsp3) is 0.364. The third-order valence-electron chi connectivity index (χ3n) is 5.47.